The molecule has 152 valence electrons. The van der Waals surface area contributed by atoms with E-state index in [2.05, 4.69) is 21.2 Å². The van der Waals surface area contributed by atoms with Crippen molar-refractivity contribution < 1.29 is 13.9 Å². The Kier molecular flexibility index (Phi) is 7.92. The highest BCUT2D eigenvalue weighted by molar-refractivity contribution is 9.10. The number of ether oxygens (including phenoxy) is 2. The van der Waals surface area contributed by atoms with Gasteiger partial charge in [0.25, 0.3) is 0 Å². The lowest BCUT2D eigenvalue weighted by Gasteiger charge is -2.16. The Bertz CT molecular complexity index is 950. The van der Waals surface area contributed by atoms with E-state index in [4.69, 9.17) is 21.1 Å². The second-order valence-electron chi connectivity index (χ2n) is 6.49. The smallest absolute Gasteiger partial charge is 0.175 e. The maximum absolute atomic E-state index is 13.0. The molecule has 3 nitrogen and oxygen atoms in total. The minimum atomic E-state index is -0.229. The van der Waals surface area contributed by atoms with E-state index in [0.29, 0.717) is 42.8 Å². The lowest BCUT2D eigenvalue weighted by Crippen LogP contribution is -2.13. The average molecular weight is 479 g/mol. The minimum Gasteiger partial charge on any atom is -0.490 e. The third-order valence-corrected chi connectivity index (χ3v) is 5.04. The van der Waals surface area contributed by atoms with Gasteiger partial charge in [0.2, 0.25) is 0 Å². The summed E-state index contributed by atoms with van der Waals surface area (Å²) in [4.78, 5) is 0. The topological polar surface area (TPSA) is 30.5 Å². The summed E-state index contributed by atoms with van der Waals surface area (Å²) in [6.45, 7) is 4.15. The molecule has 0 aliphatic rings. The molecule has 0 amide bonds. The quantitative estimate of drug-likeness (QED) is 0.380. The van der Waals surface area contributed by atoms with Crippen LogP contribution < -0.4 is 14.8 Å². The van der Waals surface area contributed by atoms with Gasteiger partial charge in [0.05, 0.1) is 11.1 Å². The van der Waals surface area contributed by atoms with Crippen LogP contribution in [0.2, 0.25) is 5.02 Å². The molecule has 0 saturated heterocycles. The van der Waals surface area contributed by atoms with E-state index in [0.717, 1.165) is 21.2 Å². The van der Waals surface area contributed by atoms with Gasteiger partial charge in [-0.25, -0.2) is 4.39 Å². The van der Waals surface area contributed by atoms with E-state index in [1.807, 2.05) is 43.3 Å². The molecule has 0 radical (unpaired) electrons. The monoisotopic (exact) mass is 477 g/mol. The summed E-state index contributed by atoms with van der Waals surface area (Å²) >= 11 is 9.65. The molecule has 3 aromatic carbocycles. The zero-order valence-corrected chi connectivity index (χ0v) is 18.4. The van der Waals surface area contributed by atoms with E-state index in [-0.39, 0.29) is 5.82 Å². The third-order valence-electron chi connectivity index (χ3n) is 4.21. The third kappa shape index (κ3) is 6.46. The first kappa shape index (κ1) is 21.6. The highest BCUT2D eigenvalue weighted by Crippen LogP contribution is 2.37. The molecule has 0 spiro atoms. The molecule has 0 aliphatic carbocycles. The van der Waals surface area contributed by atoms with Crippen molar-refractivity contribution in [1.29, 1.82) is 0 Å². The van der Waals surface area contributed by atoms with Gasteiger partial charge in [-0.2, -0.15) is 0 Å². The molecular formula is C23H22BrClFNO2. The summed E-state index contributed by atoms with van der Waals surface area (Å²) in [6, 6.07) is 18.0. The molecular weight excluding hydrogens is 457 g/mol. The Hall–Kier alpha value is -2.08. The van der Waals surface area contributed by atoms with Gasteiger partial charge in [-0.3, -0.25) is 0 Å². The maximum Gasteiger partial charge on any atom is 0.175 e. The van der Waals surface area contributed by atoms with Crippen molar-refractivity contribution >= 4 is 27.5 Å². The van der Waals surface area contributed by atoms with E-state index in [1.165, 1.54) is 12.1 Å². The Balaban J connectivity index is 1.67. The summed E-state index contributed by atoms with van der Waals surface area (Å²) < 4.78 is 25.6. The van der Waals surface area contributed by atoms with Crippen molar-refractivity contribution in [3.05, 3.63) is 92.7 Å². The lowest BCUT2D eigenvalue weighted by molar-refractivity contribution is 0.267. The summed E-state index contributed by atoms with van der Waals surface area (Å²) in [5, 5.41) is 4.04. The molecule has 29 heavy (non-hydrogen) atoms. The van der Waals surface area contributed by atoms with Gasteiger partial charge in [0.15, 0.2) is 11.5 Å². The van der Waals surface area contributed by atoms with Gasteiger partial charge in [-0.05, 0) is 75.9 Å². The summed E-state index contributed by atoms with van der Waals surface area (Å²) in [7, 11) is 0. The first-order chi connectivity index (χ1) is 14.0. The van der Waals surface area contributed by atoms with Crippen LogP contribution in [0.15, 0.2) is 65.1 Å². The fraction of sp³-hybridized carbons (Fsp3) is 0.217. The summed E-state index contributed by atoms with van der Waals surface area (Å²) in [5.41, 5.74) is 3.06. The van der Waals surface area contributed by atoms with E-state index >= 15 is 0 Å². The predicted octanol–water partition coefficient (Wildman–Crippen LogP) is 6.51. The summed E-state index contributed by atoms with van der Waals surface area (Å²) in [5.74, 6) is 1.11. The Morgan fingerprint density at radius 1 is 0.931 bits per heavy atom. The predicted molar refractivity (Wildman–Crippen MR) is 118 cm³/mol. The number of hydrogen-bond acceptors (Lipinski definition) is 3. The zero-order valence-electron chi connectivity index (χ0n) is 16.1. The van der Waals surface area contributed by atoms with Crippen molar-refractivity contribution in [3.8, 4) is 11.5 Å². The van der Waals surface area contributed by atoms with E-state index in [9.17, 15) is 4.39 Å². The maximum atomic E-state index is 13.0. The van der Waals surface area contributed by atoms with Crippen molar-refractivity contribution in [1.82, 2.24) is 5.32 Å². The first-order valence-electron chi connectivity index (χ1n) is 9.32. The van der Waals surface area contributed by atoms with Crippen LogP contribution in [0.1, 0.15) is 23.6 Å². The molecule has 0 atom stereocenters. The van der Waals surface area contributed by atoms with Crippen molar-refractivity contribution in [2.75, 3.05) is 6.61 Å². The molecule has 0 saturated carbocycles. The van der Waals surface area contributed by atoms with Crippen LogP contribution in [-0.2, 0) is 19.7 Å². The Morgan fingerprint density at radius 3 is 2.41 bits per heavy atom. The Morgan fingerprint density at radius 2 is 1.69 bits per heavy atom. The fourth-order valence-corrected chi connectivity index (χ4v) is 3.68. The lowest BCUT2D eigenvalue weighted by atomic mass is 10.1. The minimum absolute atomic E-state index is 0.229. The number of hydrogen-bond donors (Lipinski definition) is 1. The summed E-state index contributed by atoms with van der Waals surface area (Å²) in [6.07, 6.45) is 0. The second kappa shape index (κ2) is 10.6. The van der Waals surface area contributed by atoms with Gasteiger partial charge in [-0.1, -0.05) is 35.9 Å². The van der Waals surface area contributed by atoms with Gasteiger partial charge in [0.1, 0.15) is 12.4 Å². The molecule has 3 aromatic rings. The highest BCUT2D eigenvalue weighted by Gasteiger charge is 2.13. The van der Waals surface area contributed by atoms with Crippen LogP contribution in [0.4, 0.5) is 4.39 Å². The van der Waals surface area contributed by atoms with Crippen LogP contribution in [0.3, 0.4) is 0 Å². The van der Waals surface area contributed by atoms with Gasteiger partial charge < -0.3 is 14.8 Å². The van der Waals surface area contributed by atoms with Crippen LogP contribution in [-0.4, -0.2) is 6.61 Å². The van der Waals surface area contributed by atoms with Gasteiger partial charge in [0, 0.05) is 18.1 Å². The molecule has 0 aliphatic heterocycles. The average Bonchev–Trinajstić information content (AvgIpc) is 2.69. The molecule has 0 unspecified atom stereocenters. The molecule has 3 rings (SSSR count). The SMILES string of the molecule is CCOc1cc(CNCc2ccc(F)cc2)cc(Br)c1OCc1cccc(Cl)c1. The zero-order chi connectivity index (χ0) is 20.6. The fourth-order valence-electron chi connectivity index (χ4n) is 2.86. The number of rotatable bonds is 9. The van der Waals surface area contributed by atoms with Crippen LogP contribution in [0, 0.1) is 5.82 Å². The van der Waals surface area contributed by atoms with E-state index < -0.39 is 0 Å². The van der Waals surface area contributed by atoms with Gasteiger partial charge >= 0.3 is 0 Å². The van der Waals surface area contributed by atoms with Crippen molar-refractivity contribution in [2.24, 2.45) is 0 Å². The molecule has 0 heterocycles. The molecule has 1 N–H and O–H groups in total. The Labute approximate surface area is 183 Å². The number of nitrogens with one attached hydrogen (secondary N) is 1. The molecule has 6 heteroatoms. The van der Waals surface area contributed by atoms with Crippen LogP contribution in [0.5, 0.6) is 11.5 Å². The molecule has 0 fully saturated rings. The first-order valence-corrected chi connectivity index (χ1v) is 10.5. The van der Waals surface area contributed by atoms with Crippen LogP contribution >= 0.6 is 27.5 Å². The molecule has 0 aromatic heterocycles. The second-order valence-corrected chi connectivity index (χ2v) is 7.78. The van der Waals surface area contributed by atoms with Gasteiger partial charge in [-0.15, -0.1) is 0 Å². The number of halogens is 3. The molecule has 0 bridgehead atoms. The van der Waals surface area contributed by atoms with Crippen molar-refractivity contribution in [3.63, 3.8) is 0 Å². The van der Waals surface area contributed by atoms with Crippen LogP contribution in [0.25, 0.3) is 0 Å². The van der Waals surface area contributed by atoms with E-state index in [1.54, 1.807) is 12.1 Å². The normalized spacial score (nSPS) is 10.8. The largest absolute Gasteiger partial charge is 0.490 e. The highest BCUT2D eigenvalue weighted by atomic mass is 79.9. The standard InChI is InChI=1S/C23H22BrClFNO2/c1-2-28-22-12-18(14-27-13-16-6-8-20(26)9-7-16)11-21(24)23(22)29-15-17-4-3-5-19(25)10-17/h3-12,27H,2,13-15H2,1H3. The number of benzene rings is 3. The van der Waals surface area contributed by atoms with Crippen molar-refractivity contribution in [2.45, 2.75) is 26.6 Å².